The van der Waals surface area contributed by atoms with Crippen LogP contribution in [-0.4, -0.2) is 15.5 Å². The average Bonchev–Trinajstić information content (AvgIpc) is 2.47. The third kappa shape index (κ3) is 3.80. The van der Waals surface area contributed by atoms with Gasteiger partial charge >= 0.3 is 10.1 Å². The standard InChI is InChI=1S/C17H20O4S/c1-17(2,3)13-5-11-16(12-6-13)22(18,19)21-15-9-7-14(20-4)8-10-15/h5-12H,1-4H3. The molecule has 0 aliphatic carbocycles. The second-order valence-corrected chi connectivity index (χ2v) is 7.53. The summed E-state index contributed by atoms with van der Waals surface area (Å²) in [5.41, 5.74) is 1.04. The van der Waals surface area contributed by atoms with Crippen molar-refractivity contribution in [3.8, 4) is 11.5 Å². The quantitative estimate of drug-likeness (QED) is 0.805. The van der Waals surface area contributed by atoms with Crippen LogP contribution >= 0.6 is 0 Å². The Kier molecular flexibility index (Phi) is 4.47. The highest BCUT2D eigenvalue weighted by Crippen LogP contribution is 2.25. The summed E-state index contributed by atoms with van der Waals surface area (Å²) in [6.45, 7) is 6.22. The molecule has 118 valence electrons. The van der Waals surface area contributed by atoms with E-state index in [4.69, 9.17) is 8.92 Å². The Morgan fingerprint density at radius 3 is 1.77 bits per heavy atom. The number of ether oxygens (including phenoxy) is 1. The van der Waals surface area contributed by atoms with Gasteiger partial charge in [0.2, 0.25) is 0 Å². The molecule has 0 atom stereocenters. The molecule has 0 radical (unpaired) electrons. The molecule has 5 heteroatoms. The Bertz CT molecular complexity index is 724. The first-order valence-corrected chi connectivity index (χ1v) is 8.32. The highest BCUT2D eigenvalue weighted by Gasteiger charge is 2.19. The van der Waals surface area contributed by atoms with Gasteiger partial charge in [-0.05, 0) is 47.4 Å². The van der Waals surface area contributed by atoms with E-state index in [9.17, 15) is 8.42 Å². The maximum Gasteiger partial charge on any atom is 0.339 e. The van der Waals surface area contributed by atoms with E-state index in [1.807, 2.05) is 12.1 Å². The lowest BCUT2D eigenvalue weighted by molar-refractivity contribution is 0.413. The van der Waals surface area contributed by atoms with Crippen molar-refractivity contribution in [2.45, 2.75) is 31.1 Å². The van der Waals surface area contributed by atoms with Crippen LogP contribution in [0.15, 0.2) is 53.4 Å². The molecule has 0 saturated carbocycles. The van der Waals surface area contributed by atoms with Crippen molar-refractivity contribution in [1.82, 2.24) is 0 Å². The zero-order chi connectivity index (χ0) is 16.4. The summed E-state index contributed by atoms with van der Waals surface area (Å²) in [6.07, 6.45) is 0. The molecule has 0 bridgehead atoms. The van der Waals surface area contributed by atoms with Crippen molar-refractivity contribution in [3.05, 3.63) is 54.1 Å². The van der Waals surface area contributed by atoms with Crippen LogP contribution in [0.2, 0.25) is 0 Å². The van der Waals surface area contributed by atoms with Gasteiger partial charge in [-0.15, -0.1) is 0 Å². The predicted molar refractivity (Wildman–Crippen MR) is 85.9 cm³/mol. The average molecular weight is 320 g/mol. The number of benzene rings is 2. The fourth-order valence-electron chi connectivity index (χ4n) is 1.93. The van der Waals surface area contributed by atoms with Crippen molar-refractivity contribution in [1.29, 1.82) is 0 Å². The zero-order valence-corrected chi connectivity index (χ0v) is 14.0. The Labute approximate surface area is 131 Å². The van der Waals surface area contributed by atoms with Crippen molar-refractivity contribution >= 4 is 10.1 Å². The second-order valence-electron chi connectivity index (χ2n) is 5.99. The Balaban J connectivity index is 2.22. The largest absolute Gasteiger partial charge is 0.497 e. The van der Waals surface area contributed by atoms with Crippen molar-refractivity contribution < 1.29 is 17.3 Å². The van der Waals surface area contributed by atoms with E-state index in [0.717, 1.165) is 5.56 Å². The third-order valence-corrected chi connectivity index (χ3v) is 4.54. The number of hydrogen-bond donors (Lipinski definition) is 0. The fourth-order valence-corrected chi connectivity index (χ4v) is 2.86. The van der Waals surface area contributed by atoms with E-state index >= 15 is 0 Å². The van der Waals surface area contributed by atoms with Gasteiger partial charge in [-0.1, -0.05) is 32.9 Å². The summed E-state index contributed by atoms with van der Waals surface area (Å²) in [5.74, 6) is 0.889. The monoisotopic (exact) mass is 320 g/mol. The molecular formula is C17H20O4S. The third-order valence-electron chi connectivity index (χ3n) is 3.27. The Morgan fingerprint density at radius 2 is 1.32 bits per heavy atom. The smallest absolute Gasteiger partial charge is 0.339 e. The normalized spacial score (nSPS) is 12.0. The maximum absolute atomic E-state index is 12.3. The molecule has 0 amide bonds. The summed E-state index contributed by atoms with van der Waals surface area (Å²) < 4.78 is 34.7. The van der Waals surface area contributed by atoms with Gasteiger partial charge in [0.1, 0.15) is 16.4 Å². The number of rotatable bonds is 4. The molecule has 0 aliphatic rings. The van der Waals surface area contributed by atoms with E-state index in [1.54, 1.807) is 43.5 Å². The van der Waals surface area contributed by atoms with Gasteiger partial charge in [-0.3, -0.25) is 0 Å². The number of hydrogen-bond acceptors (Lipinski definition) is 4. The molecule has 2 aromatic carbocycles. The van der Waals surface area contributed by atoms with Crippen molar-refractivity contribution in [3.63, 3.8) is 0 Å². The summed E-state index contributed by atoms with van der Waals surface area (Å²) in [7, 11) is -2.29. The molecule has 0 aromatic heterocycles. The number of methoxy groups -OCH3 is 1. The molecule has 2 aromatic rings. The van der Waals surface area contributed by atoms with Gasteiger partial charge in [0.25, 0.3) is 0 Å². The first-order chi connectivity index (χ1) is 10.2. The van der Waals surface area contributed by atoms with Crippen LogP contribution in [0, 0.1) is 0 Å². The van der Waals surface area contributed by atoms with Gasteiger partial charge in [0.05, 0.1) is 7.11 Å². The Hall–Kier alpha value is -2.01. The van der Waals surface area contributed by atoms with Gasteiger partial charge in [-0.2, -0.15) is 8.42 Å². The predicted octanol–water partition coefficient (Wildman–Crippen LogP) is 3.76. The van der Waals surface area contributed by atoms with Crippen molar-refractivity contribution in [2.75, 3.05) is 7.11 Å². The van der Waals surface area contributed by atoms with Crippen LogP contribution in [0.3, 0.4) is 0 Å². The molecule has 0 unspecified atom stereocenters. The van der Waals surface area contributed by atoms with Crippen molar-refractivity contribution in [2.24, 2.45) is 0 Å². The molecule has 22 heavy (non-hydrogen) atoms. The van der Waals surface area contributed by atoms with Gasteiger partial charge in [-0.25, -0.2) is 0 Å². The molecule has 0 aliphatic heterocycles. The van der Waals surface area contributed by atoms with Crippen LogP contribution < -0.4 is 8.92 Å². The van der Waals surface area contributed by atoms with E-state index in [1.165, 1.54) is 0 Å². The minimum absolute atomic E-state index is 0.0286. The van der Waals surface area contributed by atoms with Gasteiger partial charge < -0.3 is 8.92 Å². The molecule has 0 fully saturated rings. The van der Waals surface area contributed by atoms with Crippen LogP contribution in [0.1, 0.15) is 26.3 Å². The molecule has 0 N–H and O–H groups in total. The van der Waals surface area contributed by atoms with E-state index < -0.39 is 10.1 Å². The molecule has 0 spiro atoms. The molecule has 0 heterocycles. The topological polar surface area (TPSA) is 52.6 Å². The lowest BCUT2D eigenvalue weighted by Gasteiger charge is -2.19. The van der Waals surface area contributed by atoms with E-state index in [0.29, 0.717) is 5.75 Å². The van der Waals surface area contributed by atoms with Gasteiger partial charge in [0, 0.05) is 0 Å². The fraction of sp³-hybridized carbons (Fsp3) is 0.294. The zero-order valence-electron chi connectivity index (χ0n) is 13.2. The molecular weight excluding hydrogens is 300 g/mol. The van der Waals surface area contributed by atoms with E-state index in [-0.39, 0.29) is 16.1 Å². The molecule has 2 rings (SSSR count). The van der Waals surface area contributed by atoms with Crippen LogP contribution in [0.4, 0.5) is 0 Å². The summed E-state index contributed by atoms with van der Waals surface area (Å²) in [6, 6.07) is 13.2. The first-order valence-electron chi connectivity index (χ1n) is 6.91. The van der Waals surface area contributed by atoms with E-state index in [2.05, 4.69) is 20.8 Å². The molecule has 4 nitrogen and oxygen atoms in total. The SMILES string of the molecule is COc1ccc(OS(=O)(=O)c2ccc(C(C)(C)C)cc2)cc1. The van der Waals surface area contributed by atoms with Crippen LogP contribution in [0.25, 0.3) is 0 Å². The van der Waals surface area contributed by atoms with Crippen LogP contribution in [-0.2, 0) is 15.5 Å². The lowest BCUT2D eigenvalue weighted by Crippen LogP contribution is -2.13. The minimum atomic E-state index is -3.84. The maximum atomic E-state index is 12.3. The highest BCUT2D eigenvalue weighted by molar-refractivity contribution is 7.87. The Morgan fingerprint density at radius 1 is 0.818 bits per heavy atom. The summed E-state index contributed by atoms with van der Waals surface area (Å²) in [4.78, 5) is 0.135. The highest BCUT2D eigenvalue weighted by atomic mass is 32.2. The second kappa shape index (κ2) is 6.01. The summed E-state index contributed by atoms with van der Waals surface area (Å²) in [5, 5.41) is 0. The first kappa shape index (κ1) is 16.4. The van der Waals surface area contributed by atoms with Gasteiger partial charge in [0.15, 0.2) is 0 Å². The summed E-state index contributed by atoms with van der Waals surface area (Å²) >= 11 is 0. The minimum Gasteiger partial charge on any atom is -0.497 e. The van der Waals surface area contributed by atoms with Crippen LogP contribution in [0.5, 0.6) is 11.5 Å². The molecule has 0 saturated heterocycles. The lowest BCUT2D eigenvalue weighted by atomic mass is 9.87.